The zero-order valence-electron chi connectivity index (χ0n) is 10.1. The largest absolute Gasteiger partial charge is 0.360 e. The molecule has 7 heteroatoms. The van der Waals surface area contributed by atoms with E-state index in [0.717, 1.165) is 0 Å². The van der Waals surface area contributed by atoms with Gasteiger partial charge in [0.1, 0.15) is 5.76 Å². The summed E-state index contributed by atoms with van der Waals surface area (Å²) < 4.78 is 4.79. The van der Waals surface area contributed by atoms with E-state index < -0.39 is 6.04 Å². The topological polar surface area (TPSA) is 101 Å². The van der Waals surface area contributed by atoms with E-state index in [0.29, 0.717) is 11.6 Å². The maximum atomic E-state index is 11.5. The van der Waals surface area contributed by atoms with E-state index in [1.165, 1.54) is 11.9 Å². The fraction of sp³-hybridized carbons (Fsp3) is 0.500. The monoisotopic (exact) mass is 240 g/mol. The number of nitrogens with zero attached hydrogens (tertiary/aromatic N) is 2. The lowest BCUT2D eigenvalue weighted by Crippen LogP contribution is -2.43. The van der Waals surface area contributed by atoms with Gasteiger partial charge in [-0.05, 0) is 13.8 Å². The van der Waals surface area contributed by atoms with Crippen LogP contribution in [0.25, 0.3) is 0 Å². The van der Waals surface area contributed by atoms with Crippen LogP contribution in [-0.4, -0.2) is 41.5 Å². The fourth-order valence-electron chi connectivity index (χ4n) is 1.25. The summed E-state index contributed by atoms with van der Waals surface area (Å²) in [7, 11) is 1.51. The standard InChI is InChI=1S/C10H16N4O3/c1-6-4-8(13-17-6)12-9(15)5-14(3)10(16)7(2)11/h4,7H,5,11H2,1-3H3,(H,12,13,15). The van der Waals surface area contributed by atoms with Gasteiger partial charge in [0.2, 0.25) is 11.8 Å². The van der Waals surface area contributed by atoms with Crippen molar-refractivity contribution in [2.75, 3.05) is 18.9 Å². The second kappa shape index (κ2) is 5.44. The predicted octanol–water partition coefficient (Wildman–Crippen LogP) is -0.273. The Labute approximate surface area is 98.9 Å². The van der Waals surface area contributed by atoms with Crippen molar-refractivity contribution in [3.63, 3.8) is 0 Å². The number of carbonyl (C=O) groups is 2. The predicted molar refractivity (Wildman–Crippen MR) is 61.2 cm³/mol. The highest BCUT2D eigenvalue weighted by atomic mass is 16.5. The third-order valence-corrected chi connectivity index (χ3v) is 2.04. The Morgan fingerprint density at radius 1 is 1.65 bits per heavy atom. The Balaban J connectivity index is 2.47. The van der Waals surface area contributed by atoms with Crippen LogP contribution in [0.5, 0.6) is 0 Å². The van der Waals surface area contributed by atoms with E-state index in [-0.39, 0.29) is 18.4 Å². The molecule has 0 bridgehead atoms. The minimum atomic E-state index is -0.623. The van der Waals surface area contributed by atoms with E-state index in [1.54, 1.807) is 19.9 Å². The first-order valence-corrected chi connectivity index (χ1v) is 5.14. The summed E-state index contributed by atoms with van der Waals surface area (Å²) in [6, 6.07) is 0.966. The highest BCUT2D eigenvalue weighted by molar-refractivity contribution is 5.94. The molecule has 1 aromatic rings. The molecule has 0 saturated carbocycles. The molecule has 2 amide bonds. The Hall–Kier alpha value is -1.89. The van der Waals surface area contributed by atoms with Gasteiger partial charge in [0, 0.05) is 13.1 Å². The van der Waals surface area contributed by atoms with Gasteiger partial charge in [0.05, 0.1) is 12.6 Å². The molecule has 0 radical (unpaired) electrons. The number of aromatic nitrogens is 1. The molecule has 0 aromatic carbocycles. The van der Waals surface area contributed by atoms with Crippen LogP contribution < -0.4 is 11.1 Å². The molecule has 1 heterocycles. The smallest absolute Gasteiger partial charge is 0.245 e. The molecule has 1 unspecified atom stereocenters. The molecule has 0 aliphatic carbocycles. The second-order valence-corrected chi connectivity index (χ2v) is 3.85. The van der Waals surface area contributed by atoms with Crippen molar-refractivity contribution in [3.05, 3.63) is 11.8 Å². The molecule has 0 aliphatic heterocycles. The molecule has 1 atom stereocenters. The highest BCUT2D eigenvalue weighted by Crippen LogP contribution is 2.06. The summed E-state index contributed by atoms with van der Waals surface area (Å²) in [6.07, 6.45) is 0. The summed E-state index contributed by atoms with van der Waals surface area (Å²) >= 11 is 0. The zero-order chi connectivity index (χ0) is 13.0. The molecule has 0 aliphatic rings. The number of nitrogens with two attached hydrogens (primary N) is 1. The average molecular weight is 240 g/mol. The van der Waals surface area contributed by atoms with Gasteiger partial charge in [-0.25, -0.2) is 0 Å². The van der Waals surface area contributed by atoms with Crippen LogP contribution >= 0.6 is 0 Å². The fourth-order valence-corrected chi connectivity index (χ4v) is 1.25. The zero-order valence-corrected chi connectivity index (χ0v) is 10.1. The van der Waals surface area contributed by atoms with E-state index >= 15 is 0 Å². The van der Waals surface area contributed by atoms with Crippen LogP contribution in [0.2, 0.25) is 0 Å². The summed E-state index contributed by atoms with van der Waals surface area (Å²) in [6.45, 7) is 3.21. The Morgan fingerprint density at radius 3 is 2.76 bits per heavy atom. The van der Waals surface area contributed by atoms with Gasteiger partial charge in [0.15, 0.2) is 5.82 Å². The molecule has 17 heavy (non-hydrogen) atoms. The van der Waals surface area contributed by atoms with Crippen LogP contribution in [-0.2, 0) is 9.59 Å². The van der Waals surface area contributed by atoms with Crippen molar-refractivity contribution in [1.29, 1.82) is 0 Å². The van der Waals surface area contributed by atoms with E-state index in [1.807, 2.05) is 0 Å². The molecule has 0 fully saturated rings. The number of likely N-dealkylation sites (N-methyl/N-ethyl adjacent to an activating group) is 1. The van der Waals surface area contributed by atoms with Crippen LogP contribution in [0.4, 0.5) is 5.82 Å². The van der Waals surface area contributed by atoms with E-state index in [4.69, 9.17) is 10.3 Å². The first-order chi connectivity index (χ1) is 7.90. The summed E-state index contributed by atoms with van der Waals surface area (Å²) in [5.41, 5.74) is 5.42. The minimum absolute atomic E-state index is 0.0771. The number of anilines is 1. The SMILES string of the molecule is Cc1cc(NC(=O)CN(C)C(=O)C(C)N)no1. The number of hydrogen-bond donors (Lipinski definition) is 2. The van der Waals surface area contributed by atoms with Gasteiger partial charge in [0.25, 0.3) is 0 Å². The quantitative estimate of drug-likeness (QED) is 0.754. The molecule has 7 nitrogen and oxygen atoms in total. The van der Waals surface area contributed by atoms with Crippen molar-refractivity contribution in [1.82, 2.24) is 10.1 Å². The number of amides is 2. The van der Waals surface area contributed by atoms with E-state index in [9.17, 15) is 9.59 Å². The lowest BCUT2D eigenvalue weighted by atomic mass is 10.3. The minimum Gasteiger partial charge on any atom is -0.360 e. The molecule has 0 saturated heterocycles. The number of nitrogens with one attached hydrogen (secondary N) is 1. The third-order valence-electron chi connectivity index (χ3n) is 2.04. The van der Waals surface area contributed by atoms with Crippen molar-refractivity contribution < 1.29 is 14.1 Å². The molecular formula is C10H16N4O3. The Morgan fingerprint density at radius 2 is 2.29 bits per heavy atom. The molecule has 1 aromatic heterocycles. The van der Waals surface area contributed by atoms with Gasteiger partial charge in [-0.3, -0.25) is 9.59 Å². The van der Waals surface area contributed by atoms with Crippen LogP contribution in [0.3, 0.4) is 0 Å². The lowest BCUT2D eigenvalue weighted by Gasteiger charge is -2.18. The van der Waals surface area contributed by atoms with Crippen molar-refractivity contribution >= 4 is 17.6 Å². The molecule has 1 rings (SSSR count). The van der Waals surface area contributed by atoms with Gasteiger partial charge >= 0.3 is 0 Å². The van der Waals surface area contributed by atoms with Gasteiger partial charge in [-0.1, -0.05) is 5.16 Å². The van der Waals surface area contributed by atoms with E-state index in [2.05, 4.69) is 10.5 Å². The van der Waals surface area contributed by atoms with Gasteiger partial charge in [-0.15, -0.1) is 0 Å². The molecule has 0 spiro atoms. The normalized spacial score (nSPS) is 12.0. The summed E-state index contributed by atoms with van der Waals surface area (Å²) in [4.78, 5) is 24.2. The molecule has 3 N–H and O–H groups in total. The number of rotatable bonds is 4. The van der Waals surface area contributed by atoms with Crippen LogP contribution in [0.15, 0.2) is 10.6 Å². The first-order valence-electron chi connectivity index (χ1n) is 5.14. The number of aryl methyl sites for hydroxylation is 1. The molecular weight excluding hydrogens is 224 g/mol. The third kappa shape index (κ3) is 3.87. The van der Waals surface area contributed by atoms with Gasteiger partial charge < -0.3 is 20.5 Å². The second-order valence-electron chi connectivity index (χ2n) is 3.85. The average Bonchev–Trinajstić information content (AvgIpc) is 2.62. The maximum Gasteiger partial charge on any atom is 0.245 e. The maximum absolute atomic E-state index is 11.5. The Kier molecular flexibility index (Phi) is 4.22. The number of hydrogen-bond acceptors (Lipinski definition) is 5. The molecule has 94 valence electrons. The van der Waals surface area contributed by atoms with Crippen LogP contribution in [0.1, 0.15) is 12.7 Å². The van der Waals surface area contributed by atoms with Crippen molar-refractivity contribution in [2.24, 2.45) is 5.73 Å². The van der Waals surface area contributed by atoms with Crippen molar-refractivity contribution in [3.8, 4) is 0 Å². The lowest BCUT2D eigenvalue weighted by molar-refractivity contribution is -0.134. The first kappa shape index (κ1) is 13.2. The summed E-state index contributed by atoms with van der Waals surface area (Å²) in [5.74, 6) is 0.278. The Bertz CT molecular complexity index is 413. The van der Waals surface area contributed by atoms with Crippen LogP contribution in [0, 0.1) is 6.92 Å². The van der Waals surface area contributed by atoms with Crippen molar-refractivity contribution in [2.45, 2.75) is 19.9 Å². The summed E-state index contributed by atoms with van der Waals surface area (Å²) in [5, 5.41) is 6.12. The number of carbonyl (C=O) groups excluding carboxylic acids is 2. The highest BCUT2D eigenvalue weighted by Gasteiger charge is 2.16. The van der Waals surface area contributed by atoms with Gasteiger partial charge in [-0.2, -0.15) is 0 Å².